The van der Waals surface area contributed by atoms with Crippen LogP contribution in [0.15, 0.2) is 40.0 Å². The number of halogens is 2. The van der Waals surface area contributed by atoms with Gasteiger partial charge in [-0.25, -0.2) is 12.8 Å². The van der Waals surface area contributed by atoms with Gasteiger partial charge in [-0.3, -0.25) is 9.40 Å². The zero-order valence-corrected chi connectivity index (χ0v) is 13.4. The van der Waals surface area contributed by atoms with Crippen molar-refractivity contribution >= 4 is 31.6 Å². The van der Waals surface area contributed by atoms with Crippen molar-refractivity contribution in [1.29, 1.82) is 0 Å². The number of benzene rings is 1. The van der Waals surface area contributed by atoms with Crippen LogP contribution in [0.25, 0.3) is 0 Å². The number of hydrogen-bond donors (Lipinski definition) is 2. The average molecular weight is 377 g/mol. The quantitative estimate of drug-likeness (QED) is 0.805. The van der Waals surface area contributed by atoms with E-state index < -0.39 is 15.8 Å². The second-order valence-electron chi connectivity index (χ2n) is 4.31. The Morgan fingerprint density at radius 3 is 2.90 bits per heavy atom. The van der Waals surface area contributed by atoms with Crippen LogP contribution in [0.3, 0.4) is 0 Å². The summed E-state index contributed by atoms with van der Waals surface area (Å²) in [5.41, 5.74) is 5.52. The van der Waals surface area contributed by atoms with E-state index in [0.717, 1.165) is 6.07 Å². The van der Waals surface area contributed by atoms with Gasteiger partial charge in [0.05, 0.1) is 11.9 Å². The van der Waals surface area contributed by atoms with E-state index in [9.17, 15) is 12.8 Å². The summed E-state index contributed by atoms with van der Waals surface area (Å²) in [5.74, 6) is -0.533. The molecule has 0 radical (unpaired) electrons. The molecule has 0 aliphatic rings. The van der Waals surface area contributed by atoms with Crippen molar-refractivity contribution in [3.05, 3.63) is 40.9 Å². The van der Waals surface area contributed by atoms with Gasteiger partial charge in [-0.1, -0.05) is 0 Å². The summed E-state index contributed by atoms with van der Waals surface area (Å²) in [4.78, 5) is 0.00989. The van der Waals surface area contributed by atoms with E-state index in [0.29, 0.717) is 24.0 Å². The van der Waals surface area contributed by atoms with Crippen molar-refractivity contribution < 1.29 is 12.8 Å². The number of aromatic nitrogens is 2. The third-order valence-corrected chi connectivity index (χ3v) is 4.70. The fourth-order valence-corrected chi connectivity index (χ4v) is 3.14. The zero-order chi connectivity index (χ0) is 15.5. The van der Waals surface area contributed by atoms with Crippen molar-refractivity contribution in [3.8, 4) is 0 Å². The molecule has 1 heterocycles. The first-order valence-corrected chi connectivity index (χ1v) is 8.40. The first-order chi connectivity index (χ1) is 9.92. The lowest BCUT2D eigenvalue weighted by atomic mass is 10.3. The predicted octanol–water partition coefficient (Wildman–Crippen LogP) is 1.93. The molecule has 0 aliphatic carbocycles. The largest absolute Gasteiger partial charge is 0.330 e. The van der Waals surface area contributed by atoms with E-state index in [1.807, 2.05) is 0 Å². The number of hydrogen-bond acceptors (Lipinski definition) is 4. The highest BCUT2D eigenvalue weighted by Gasteiger charge is 2.18. The maximum Gasteiger partial charge on any atom is 0.265 e. The number of anilines is 1. The molecule has 3 N–H and O–H groups in total. The summed E-state index contributed by atoms with van der Waals surface area (Å²) >= 11 is 3.17. The number of aryl methyl sites for hydroxylation is 1. The Morgan fingerprint density at radius 1 is 1.43 bits per heavy atom. The lowest BCUT2D eigenvalue weighted by Gasteiger charge is -2.08. The molecule has 1 aromatic carbocycles. The van der Waals surface area contributed by atoms with Crippen LogP contribution in [-0.4, -0.2) is 24.7 Å². The molecule has 6 nitrogen and oxygen atoms in total. The van der Waals surface area contributed by atoms with Crippen molar-refractivity contribution in [2.45, 2.75) is 17.9 Å². The lowest BCUT2D eigenvalue weighted by molar-refractivity contribution is 0.582. The molecular formula is C12H14BrFN4O2S. The number of sulfonamides is 1. The van der Waals surface area contributed by atoms with Crippen LogP contribution in [0.5, 0.6) is 0 Å². The van der Waals surface area contributed by atoms with Crippen LogP contribution in [0.2, 0.25) is 0 Å². The number of rotatable bonds is 6. The van der Waals surface area contributed by atoms with Gasteiger partial charge in [0.1, 0.15) is 10.7 Å². The maximum atomic E-state index is 13.2. The van der Waals surface area contributed by atoms with Gasteiger partial charge in [0.15, 0.2) is 0 Å². The molecule has 0 fully saturated rings. The summed E-state index contributed by atoms with van der Waals surface area (Å²) in [7, 11) is -3.82. The van der Waals surface area contributed by atoms with Gasteiger partial charge in [0.25, 0.3) is 10.0 Å². The molecule has 1 aromatic heterocycles. The second-order valence-corrected chi connectivity index (χ2v) is 6.85. The van der Waals surface area contributed by atoms with Crippen molar-refractivity contribution in [3.63, 3.8) is 0 Å². The molecule has 0 bridgehead atoms. The number of nitrogens with two attached hydrogens (primary N) is 1. The fraction of sp³-hybridized carbons (Fsp3) is 0.250. The van der Waals surface area contributed by atoms with E-state index in [2.05, 4.69) is 25.8 Å². The van der Waals surface area contributed by atoms with Crippen molar-refractivity contribution in [2.75, 3.05) is 11.3 Å². The van der Waals surface area contributed by atoms with Gasteiger partial charge in [-0.2, -0.15) is 5.10 Å². The van der Waals surface area contributed by atoms with E-state index >= 15 is 0 Å². The molecule has 0 saturated carbocycles. The topological polar surface area (TPSA) is 90.0 Å². The van der Waals surface area contributed by atoms with Gasteiger partial charge >= 0.3 is 0 Å². The normalized spacial score (nSPS) is 11.6. The standard InChI is InChI=1S/C12H14BrFN4O2S/c13-11-3-2-9(14)6-12(11)17-21(19,20)10-7-16-18(8-10)5-1-4-15/h2-3,6-8,17H,1,4-5,15H2. The van der Waals surface area contributed by atoms with Crippen LogP contribution in [0, 0.1) is 5.82 Å². The molecule has 9 heteroatoms. The fourth-order valence-electron chi connectivity index (χ4n) is 1.64. The van der Waals surface area contributed by atoms with Crippen molar-refractivity contribution in [1.82, 2.24) is 9.78 Å². The molecule has 21 heavy (non-hydrogen) atoms. The van der Waals surface area contributed by atoms with Crippen LogP contribution < -0.4 is 10.5 Å². The third-order valence-electron chi connectivity index (χ3n) is 2.68. The molecule has 2 aromatic rings. The van der Waals surface area contributed by atoms with Gasteiger partial charge in [0, 0.05) is 17.2 Å². The first kappa shape index (κ1) is 15.9. The minimum atomic E-state index is -3.82. The summed E-state index contributed by atoms with van der Waals surface area (Å²) in [5, 5.41) is 3.96. The lowest BCUT2D eigenvalue weighted by Crippen LogP contribution is -2.13. The summed E-state index contributed by atoms with van der Waals surface area (Å²) in [6.45, 7) is 1.03. The molecule has 0 saturated heterocycles. The predicted molar refractivity (Wildman–Crippen MR) is 80.8 cm³/mol. The Labute approximate surface area is 130 Å². The smallest absolute Gasteiger partial charge is 0.265 e. The highest BCUT2D eigenvalue weighted by molar-refractivity contribution is 9.10. The van der Waals surface area contributed by atoms with E-state index in [-0.39, 0.29) is 10.6 Å². The molecule has 2 rings (SSSR count). The van der Waals surface area contributed by atoms with Gasteiger partial charge in [0.2, 0.25) is 0 Å². The molecule has 0 atom stereocenters. The van der Waals surface area contributed by atoms with Crippen LogP contribution in [-0.2, 0) is 16.6 Å². The molecule has 0 aliphatic heterocycles. The first-order valence-electron chi connectivity index (χ1n) is 6.13. The average Bonchev–Trinajstić information content (AvgIpc) is 2.90. The highest BCUT2D eigenvalue weighted by atomic mass is 79.9. The maximum absolute atomic E-state index is 13.2. The van der Waals surface area contributed by atoms with E-state index in [4.69, 9.17) is 5.73 Å². The Kier molecular flexibility index (Phi) is 4.96. The third kappa shape index (κ3) is 4.02. The minimum absolute atomic E-state index is 0.00989. The Hall–Kier alpha value is -1.45. The van der Waals surface area contributed by atoms with Crippen molar-refractivity contribution in [2.24, 2.45) is 5.73 Å². The van der Waals surface area contributed by atoms with E-state index in [1.54, 1.807) is 0 Å². The molecule has 0 spiro atoms. The van der Waals surface area contributed by atoms with Crippen LogP contribution in [0.4, 0.5) is 10.1 Å². The Morgan fingerprint density at radius 2 is 2.19 bits per heavy atom. The highest BCUT2D eigenvalue weighted by Crippen LogP contribution is 2.25. The Bertz CT molecular complexity index is 733. The van der Waals surface area contributed by atoms with E-state index in [1.165, 1.54) is 29.2 Å². The van der Waals surface area contributed by atoms with Crippen LogP contribution in [0.1, 0.15) is 6.42 Å². The minimum Gasteiger partial charge on any atom is -0.330 e. The molecule has 0 amide bonds. The zero-order valence-electron chi connectivity index (χ0n) is 11.0. The summed E-state index contributed by atoms with van der Waals surface area (Å²) < 4.78 is 41.9. The number of nitrogens with zero attached hydrogens (tertiary/aromatic N) is 2. The number of nitrogens with one attached hydrogen (secondary N) is 1. The molecular weight excluding hydrogens is 363 g/mol. The van der Waals surface area contributed by atoms with Gasteiger partial charge in [-0.05, 0) is 47.1 Å². The van der Waals surface area contributed by atoms with Gasteiger partial charge in [-0.15, -0.1) is 0 Å². The summed E-state index contributed by atoms with van der Waals surface area (Å²) in [6.07, 6.45) is 3.35. The monoisotopic (exact) mass is 376 g/mol. The second kappa shape index (κ2) is 6.54. The van der Waals surface area contributed by atoms with Crippen LogP contribution >= 0.6 is 15.9 Å². The molecule has 0 unspecified atom stereocenters. The molecule has 114 valence electrons. The Balaban J connectivity index is 2.22. The SMILES string of the molecule is NCCCn1cc(S(=O)(=O)Nc2cc(F)ccc2Br)cn1. The van der Waals surface area contributed by atoms with Gasteiger partial charge < -0.3 is 5.73 Å². The summed E-state index contributed by atoms with van der Waals surface area (Å²) in [6, 6.07) is 3.76.